The predicted octanol–water partition coefficient (Wildman–Crippen LogP) is 0.0576. The first-order valence-electron chi connectivity index (χ1n) is 7.36. The van der Waals surface area contributed by atoms with Crippen molar-refractivity contribution in [3.05, 3.63) is 11.3 Å². The molecule has 7 nitrogen and oxygen atoms in total. The molecule has 0 aliphatic carbocycles. The molecule has 1 aromatic heterocycles. The average molecular weight is 315 g/mol. The molecule has 21 heavy (non-hydrogen) atoms. The molecule has 1 saturated heterocycles. The topological polar surface area (TPSA) is 90.1 Å². The minimum Gasteiger partial charge on any atom is -0.313 e. The van der Waals surface area contributed by atoms with Gasteiger partial charge in [-0.1, -0.05) is 6.92 Å². The smallest absolute Gasteiger partial charge is 0.260 e. The number of aryl methyl sites for hydroxylation is 1. The van der Waals surface area contributed by atoms with Gasteiger partial charge in [0.05, 0.1) is 0 Å². The molecule has 8 heteroatoms. The fourth-order valence-corrected chi connectivity index (χ4v) is 3.91. The third-order valence-corrected chi connectivity index (χ3v) is 5.29. The van der Waals surface area contributed by atoms with E-state index in [9.17, 15) is 8.42 Å². The van der Waals surface area contributed by atoms with E-state index in [1.807, 2.05) is 13.8 Å². The second kappa shape index (κ2) is 6.87. The Labute approximate surface area is 126 Å². The molecule has 0 amide bonds. The summed E-state index contributed by atoms with van der Waals surface area (Å²) in [5.41, 5.74) is 1.50. The molecule has 0 spiro atoms. The minimum absolute atomic E-state index is 0.118. The van der Waals surface area contributed by atoms with Crippen molar-refractivity contribution in [2.45, 2.75) is 31.8 Å². The number of rotatable bonds is 7. The molecule has 120 valence electrons. The van der Waals surface area contributed by atoms with E-state index in [0.29, 0.717) is 24.6 Å². The molecule has 0 aromatic carbocycles. The lowest BCUT2D eigenvalue weighted by Gasteiger charge is -2.12. The molecule has 1 unspecified atom stereocenters. The van der Waals surface area contributed by atoms with Crippen molar-refractivity contribution < 1.29 is 8.42 Å². The number of hydrogen-bond acceptors (Lipinski definition) is 5. The van der Waals surface area contributed by atoms with Gasteiger partial charge in [0, 0.05) is 30.9 Å². The minimum atomic E-state index is -3.56. The van der Waals surface area contributed by atoms with Gasteiger partial charge in [-0.25, -0.2) is 13.1 Å². The number of nitrogens with one attached hydrogen (secondary N) is 3. The summed E-state index contributed by atoms with van der Waals surface area (Å²) in [6, 6.07) is 0. The highest BCUT2D eigenvalue weighted by atomic mass is 32.2. The number of aromatic amines is 1. The van der Waals surface area contributed by atoms with E-state index in [4.69, 9.17) is 0 Å². The van der Waals surface area contributed by atoms with Crippen molar-refractivity contribution >= 4 is 10.0 Å². The van der Waals surface area contributed by atoms with Crippen molar-refractivity contribution in [2.75, 3.05) is 33.2 Å². The number of aromatic nitrogens is 2. The Hall–Kier alpha value is -0.960. The molecule has 0 bridgehead atoms. The van der Waals surface area contributed by atoms with Crippen LogP contribution >= 0.6 is 0 Å². The Kier molecular flexibility index (Phi) is 5.37. The van der Waals surface area contributed by atoms with Crippen LogP contribution in [0.5, 0.6) is 0 Å². The lowest BCUT2D eigenvalue weighted by atomic mass is 10.1. The molecule has 1 aromatic rings. The lowest BCUT2D eigenvalue weighted by molar-refractivity contribution is 0.394. The van der Waals surface area contributed by atoms with Crippen LogP contribution in [0.1, 0.15) is 24.6 Å². The predicted molar refractivity (Wildman–Crippen MR) is 81.5 cm³/mol. The van der Waals surface area contributed by atoms with Gasteiger partial charge in [0.2, 0.25) is 0 Å². The van der Waals surface area contributed by atoms with Gasteiger partial charge in [-0.05, 0) is 39.4 Å². The Morgan fingerprint density at radius 2 is 2.24 bits per heavy atom. The van der Waals surface area contributed by atoms with Gasteiger partial charge in [-0.3, -0.25) is 5.10 Å². The zero-order valence-corrected chi connectivity index (χ0v) is 13.8. The zero-order valence-electron chi connectivity index (χ0n) is 12.9. The maximum absolute atomic E-state index is 12.4. The standard InChI is InChI=1S/C13H25N5O2S/c1-4-14-8-12-10(2)16-17-13(12)21(19,20)15-7-11-5-6-18(3)9-11/h11,14-15H,4-9H2,1-3H3,(H,16,17). The van der Waals surface area contributed by atoms with Crippen LogP contribution < -0.4 is 10.0 Å². The van der Waals surface area contributed by atoms with Crippen molar-refractivity contribution in [1.82, 2.24) is 25.1 Å². The van der Waals surface area contributed by atoms with Crippen molar-refractivity contribution in [3.63, 3.8) is 0 Å². The summed E-state index contributed by atoms with van der Waals surface area (Å²) in [6.45, 7) is 7.54. The molecule has 3 N–H and O–H groups in total. The van der Waals surface area contributed by atoms with Crippen LogP contribution in [0.15, 0.2) is 5.03 Å². The van der Waals surface area contributed by atoms with E-state index in [0.717, 1.165) is 31.7 Å². The molecular formula is C13H25N5O2S. The first kappa shape index (κ1) is 16.4. The van der Waals surface area contributed by atoms with E-state index in [2.05, 4.69) is 32.2 Å². The molecular weight excluding hydrogens is 290 g/mol. The number of hydrogen-bond donors (Lipinski definition) is 3. The monoisotopic (exact) mass is 315 g/mol. The molecule has 1 aliphatic heterocycles. The van der Waals surface area contributed by atoms with Gasteiger partial charge in [-0.2, -0.15) is 5.10 Å². The van der Waals surface area contributed by atoms with E-state index in [1.54, 1.807) is 0 Å². The van der Waals surface area contributed by atoms with Gasteiger partial charge in [0.1, 0.15) is 0 Å². The first-order chi connectivity index (χ1) is 9.94. The van der Waals surface area contributed by atoms with Gasteiger partial charge in [0.15, 0.2) is 5.03 Å². The van der Waals surface area contributed by atoms with Crippen LogP contribution in [-0.4, -0.2) is 56.7 Å². The Morgan fingerprint density at radius 1 is 1.48 bits per heavy atom. The van der Waals surface area contributed by atoms with Crippen molar-refractivity contribution in [3.8, 4) is 0 Å². The summed E-state index contributed by atoms with van der Waals surface area (Å²) in [5.74, 6) is 0.377. The van der Waals surface area contributed by atoms with Crippen molar-refractivity contribution in [2.24, 2.45) is 5.92 Å². The van der Waals surface area contributed by atoms with Crippen LogP contribution in [0.25, 0.3) is 0 Å². The summed E-state index contributed by atoms with van der Waals surface area (Å²) in [6.07, 6.45) is 1.03. The summed E-state index contributed by atoms with van der Waals surface area (Å²) in [4.78, 5) is 2.22. The highest BCUT2D eigenvalue weighted by Crippen LogP contribution is 2.18. The quantitative estimate of drug-likeness (QED) is 0.662. The average Bonchev–Trinajstić information content (AvgIpc) is 3.01. The largest absolute Gasteiger partial charge is 0.313 e. The highest BCUT2D eigenvalue weighted by Gasteiger charge is 2.26. The third kappa shape index (κ3) is 4.03. The second-order valence-electron chi connectivity index (χ2n) is 5.68. The van der Waals surface area contributed by atoms with Crippen LogP contribution in [0, 0.1) is 12.8 Å². The fraction of sp³-hybridized carbons (Fsp3) is 0.769. The molecule has 2 rings (SSSR count). The van der Waals surface area contributed by atoms with Gasteiger partial charge < -0.3 is 10.2 Å². The summed E-state index contributed by atoms with van der Waals surface area (Å²) in [5, 5.41) is 10.0. The Morgan fingerprint density at radius 3 is 2.86 bits per heavy atom. The zero-order chi connectivity index (χ0) is 15.5. The molecule has 1 aliphatic rings. The van der Waals surface area contributed by atoms with Gasteiger partial charge in [0.25, 0.3) is 10.0 Å². The number of nitrogens with zero attached hydrogens (tertiary/aromatic N) is 2. The molecule has 1 atom stereocenters. The van der Waals surface area contributed by atoms with E-state index in [1.165, 1.54) is 0 Å². The normalized spacial score (nSPS) is 20.2. The van der Waals surface area contributed by atoms with Gasteiger partial charge >= 0.3 is 0 Å². The molecule has 0 saturated carbocycles. The van der Waals surface area contributed by atoms with Gasteiger partial charge in [-0.15, -0.1) is 0 Å². The maximum Gasteiger partial charge on any atom is 0.260 e. The Bertz CT molecular complexity index is 569. The molecule has 2 heterocycles. The molecule has 1 fully saturated rings. The van der Waals surface area contributed by atoms with E-state index < -0.39 is 10.0 Å². The Balaban J connectivity index is 2.05. The number of sulfonamides is 1. The first-order valence-corrected chi connectivity index (χ1v) is 8.85. The third-order valence-electron chi connectivity index (χ3n) is 3.89. The summed E-state index contributed by atoms with van der Waals surface area (Å²) in [7, 11) is -1.50. The summed E-state index contributed by atoms with van der Waals surface area (Å²) < 4.78 is 27.6. The van der Waals surface area contributed by atoms with Crippen LogP contribution in [0.2, 0.25) is 0 Å². The molecule has 0 radical (unpaired) electrons. The highest BCUT2D eigenvalue weighted by molar-refractivity contribution is 7.89. The summed E-state index contributed by atoms with van der Waals surface area (Å²) >= 11 is 0. The van der Waals surface area contributed by atoms with Crippen LogP contribution in [0.4, 0.5) is 0 Å². The fourth-order valence-electron chi connectivity index (χ4n) is 2.60. The number of likely N-dealkylation sites (tertiary alicyclic amines) is 1. The van der Waals surface area contributed by atoms with Crippen LogP contribution in [0.3, 0.4) is 0 Å². The SMILES string of the molecule is CCNCc1c(S(=O)(=O)NCC2CCN(C)C2)n[nH]c1C. The van der Waals surface area contributed by atoms with E-state index >= 15 is 0 Å². The lowest BCUT2D eigenvalue weighted by Crippen LogP contribution is -2.31. The second-order valence-corrected chi connectivity index (χ2v) is 7.36. The van der Waals surface area contributed by atoms with Crippen molar-refractivity contribution in [1.29, 1.82) is 0 Å². The number of H-pyrrole nitrogens is 1. The maximum atomic E-state index is 12.4. The van der Waals surface area contributed by atoms with Crippen LogP contribution in [-0.2, 0) is 16.6 Å². The van der Waals surface area contributed by atoms with E-state index in [-0.39, 0.29) is 5.03 Å².